The molecule has 0 aliphatic rings. The Morgan fingerprint density at radius 1 is 1.10 bits per heavy atom. The van der Waals surface area contributed by atoms with Gasteiger partial charge in [-0.1, -0.05) is 6.08 Å². The lowest BCUT2D eigenvalue weighted by Gasteiger charge is -2.05. The topological polar surface area (TPSA) is 27.7 Å². The second kappa shape index (κ2) is 11.6. The normalized spacial score (nSPS) is 8.50. The minimum atomic E-state index is -1.67. The fraction of sp³-hybridized carbons (Fsp3) is 0.667. The zero-order chi connectivity index (χ0) is 8.41. The molecule has 0 spiro atoms. The fourth-order valence-electron chi connectivity index (χ4n) is 0.289. The second-order valence-electron chi connectivity index (χ2n) is 1.40. The van der Waals surface area contributed by atoms with E-state index in [1.165, 1.54) is 0 Å². The van der Waals surface area contributed by atoms with E-state index in [9.17, 15) is 0 Å². The summed E-state index contributed by atoms with van der Waals surface area (Å²) in [5.41, 5.74) is 0. The summed E-state index contributed by atoms with van der Waals surface area (Å²) in [6.07, 6.45) is 1.75. The summed E-state index contributed by atoms with van der Waals surface area (Å²) in [6.45, 7) is 5.25. The van der Waals surface area contributed by atoms with Crippen LogP contribution in [0.5, 0.6) is 0 Å². The van der Waals surface area contributed by atoms with Gasteiger partial charge in [0.05, 0.1) is 0 Å². The highest BCUT2D eigenvalue weighted by Crippen LogP contribution is 1.81. The van der Waals surface area contributed by atoms with E-state index in [0.29, 0.717) is 0 Å². The molecule has 62 valence electrons. The van der Waals surface area contributed by atoms with Crippen LogP contribution in [0.3, 0.4) is 0 Å². The van der Waals surface area contributed by atoms with Crippen LogP contribution in [0.2, 0.25) is 0 Å². The monoisotopic (exact) mass is 164 g/mol. The molecule has 0 bridgehead atoms. The van der Waals surface area contributed by atoms with Crippen LogP contribution in [0.1, 0.15) is 6.92 Å². The van der Waals surface area contributed by atoms with E-state index in [1.807, 2.05) is 6.92 Å². The molecule has 0 aromatic carbocycles. The molecule has 3 nitrogen and oxygen atoms in total. The van der Waals surface area contributed by atoms with E-state index < -0.39 is 9.53 Å². The highest BCUT2D eigenvalue weighted by atomic mass is 28.3. The average Bonchev–Trinajstić information content (AvgIpc) is 1.93. The number of hydrogen-bond acceptors (Lipinski definition) is 3. The molecule has 0 N–H and O–H groups in total. The molecule has 0 aliphatic heterocycles. The van der Waals surface area contributed by atoms with Crippen molar-refractivity contribution in [1.82, 2.24) is 0 Å². The van der Waals surface area contributed by atoms with Crippen molar-refractivity contribution in [3.05, 3.63) is 12.7 Å². The molecule has 0 aliphatic carbocycles. The predicted molar refractivity (Wildman–Crippen MR) is 44.0 cm³/mol. The largest absolute Gasteiger partial charge is 0.483 e. The van der Waals surface area contributed by atoms with Crippen molar-refractivity contribution in [1.29, 1.82) is 0 Å². The van der Waals surface area contributed by atoms with E-state index in [2.05, 4.69) is 6.58 Å². The maximum absolute atomic E-state index is 4.74. The summed E-state index contributed by atoms with van der Waals surface area (Å²) in [6, 6.07) is 0. The first-order valence-electron chi connectivity index (χ1n) is 2.92. The number of allylic oxidation sites excluding steroid dienone is 1. The third kappa shape index (κ3) is 10.8. The van der Waals surface area contributed by atoms with Crippen LogP contribution in [-0.2, 0) is 13.3 Å². The third-order valence-electron chi connectivity index (χ3n) is 0.577. The summed E-state index contributed by atoms with van der Waals surface area (Å²) in [5.74, 6) is 0. The molecule has 4 heteroatoms. The summed E-state index contributed by atoms with van der Waals surface area (Å²) in [5, 5.41) is 0. The number of rotatable bonds is 3. The lowest BCUT2D eigenvalue weighted by molar-refractivity contribution is 0.163. The number of hydrogen-bond donors (Lipinski definition) is 0. The van der Waals surface area contributed by atoms with Crippen LogP contribution >= 0.6 is 0 Å². The molecule has 10 heavy (non-hydrogen) atoms. The van der Waals surface area contributed by atoms with Gasteiger partial charge in [0.15, 0.2) is 0 Å². The minimum absolute atomic E-state index is 1.57. The van der Waals surface area contributed by atoms with Crippen molar-refractivity contribution in [3.8, 4) is 0 Å². The third-order valence-corrected chi connectivity index (χ3v) is 1.73. The van der Waals surface area contributed by atoms with Crippen LogP contribution < -0.4 is 0 Å². The van der Waals surface area contributed by atoms with Gasteiger partial charge in [-0.3, -0.25) is 0 Å². The van der Waals surface area contributed by atoms with Crippen LogP contribution in [0.25, 0.3) is 0 Å². The van der Waals surface area contributed by atoms with Crippen molar-refractivity contribution in [2.45, 2.75) is 6.92 Å². The molecule has 0 heterocycles. The van der Waals surface area contributed by atoms with Crippen molar-refractivity contribution >= 4 is 9.53 Å². The first kappa shape index (κ1) is 12.5. The van der Waals surface area contributed by atoms with Gasteiger partial charge in [0.2, 0.25) is 0 Å². The maximum Gasteiger partial charge on any atom is 0.483 e. The van der Waals surface area contributed by atoms with Gasteiger partial charge in [0.1, 0.15) is 0 Å². The van der Waals surface area contributed by atoms with Gasteiger partial charge in [-0.2, -0.15) is 0 Å². The van der Waals surface area contributed by atoms with Gasteiger partial charge in [-0.25, -0.2) is 0 Å². The Hall–Kier alpha value is -0.163. The molecule has 0 unspecified atom stereocenters. The van der Waals surface area contributed by atoms with E-state index in [4.69, 9.17) is 13.3 Å². The molecule has 0 aromatic heterocycles. The molecule has 0 amide bonds. The van der Waals surface area contributed by atoms with Crippen LogP contribution in [0, 0.1) is 0 Å². The van der Waals surface area contributed by atoms with Crippen LogP contribution in [0.4, 0.5) is 0 Å². The molecule has 0 saturated heterocycles. The summed E-state index contributed by atoms with van der Waals surface area (Å²) in [4.78, 5) is 0. The molecule has 0 rings (SSSR count). The quantitative estimate of drug-likeness (QED) is 0.457. The highest BCUT2D eigenvalue weighted by Gasteiger charge is 2.04. The zero-order valence-electron chi connectivity index (χ0n) is 7.09. The van der Waals surface area contributed by atoms with Gasteiger partial charge >= 0.3 is 9.53 Å². The van der Waals surface area contributed by atoms with Crippen LogP contribution in [-0.4, -0.2) is 30.9 Å². The van der Waals surface area contributed by atoms with Gasteiger partial charge < -0.3 is 13.3 Å². The lowest BCUT2D eigenvalue weighted by atomic mass is 10.8. The first-order chi connectivity index (χ1) is 4.76. The van der Waals surface area contributed by atoms with E-state index >= 15 is 0 Å². The van der Waals surface area contributed by atoms with E-state index in [-0.39, 0.29) is 0 Å². The van der Waals surface area contributed by atoms with Crippen LogP contribution in [0.15, 0.2) is 12.7 Å². The Kier molecular flexibility index (Phi) is 14.5. The second-order valence-corrected chi connectivity index (χ2v) is 3.40. The molecule has 0 aromatic rings. The maximum atomic E-state index is 4.74. The van der Waals surface area contributed by atoms with E-state index in [1.54, 1.807) is 27.4 Å². The SMILES string of the molecule is C=CC.CO[SiH](OC)OC. The highest BCUT2D eigenvalue weighted by molar-refractivity contribution is 6.36. The van der Waals surface area contributed by atoms with Crippen molar-refractivity contribution in [3.63, 3.8) is 0 Å². The molecule has 0 saturated carbocycles. The van der Waals surface area contributed by atoms with Gasteiger partial charge in [-0.15, -0.1) is 6.58 Å². The van der Waals surface area contributed by atoms with Crippen molar-refractivity contribution in [2.75, 3.05) is 21.3 Å². The molecule has 0 radical (unpaired) electrons. The Morgan fingerprint density at radius 2 is 1.30 bits per heavy atom. The van der Waals surface area contributed by atoms with Gasteiger partial charge in [-0.05, 0) is 6.92 Å². The minimum Gasteiger partial charge on any atom is -0.379 e. The fourth-order valence-corrected chi connectivity index (χ4v) is 0.866. The average molecular weight is 164 g/mol. The molecular weight excluding hydrogens is 148 g/mol. The summed E-state index contributed by atoms with van der Waals surface area (Å²) < 4.78 is 14.2. The lowest BCUT2D eigenvalue weighted by Crippen LogP contribution is -2.21. The molecule has 0 atom stereocenters. The standard InChI is InChI=1S/C3H10O3Si.C3H6/c1-4-7(5-2)6-3;1-3-2/h7H,1-3H3;3H,1H2,2H3. The Labute approximate surface area is 64.6 Å². The van der Waals surface area contributed by atoms with Crippen molar-refractivity contribution in [2.24, 2.45) is 0 Å². The summed E-state index contributed by atoms with van der Waals surface area (Å²) in [7, 11) is 3.05. The zero-order valence-corrected chi connectivity index (χ0v) is 8.24. The van der Waals surface area contributed by atoms with Gasteiger partial charge in [0.25, 0.3) is 0 Å². The Balaban J connectivity index is 0. The first-order valence-corrected chi connectivity index (χ1v) is 4.33. The van der Waals surface area contributed by atoms with Crippen molar-refractivity contribution < 1.29 is 13.3 Å². The Bertz CT molecular complexity index is 58.5. The smallest absolute Gasteiger partial charge is 0.379 e. The van der Waals surface area contributed by atoms with E-state index in [0.717, 1.165) is 0 Å². The Morgan fingerprint density at radius 3 is 1.30 bits per heavy atom. The van der Waals surface area contributed by atoms with Gasteiger partial charge in [0, 0.05) is 21.3 Å². The summed E-state index contributed by atoms with van der Waals surface area (Å²) >= 11 is 0. The molecular formula is C6H16O3Si. The predicted octanol–water partition coefficient (Wildman–Crippen LogP) is 0.835. The molecule has 0 fully saturated rings.